The van der Waals surface area contributed by atoms with E-state index in [1.54, 1.807) is 18.6 Å². The molecule has 0 amide bonds. The Labute approximate surface area is 298 Å². The van der Waals surface area contributed by atoms with Crippen LogP contribution in [0.4, 0.5) is 0 Å². The lowest BCUT2D eigenvalue weighted by atomic mass is 9.98. The first-order valence-electron chi connectivity index (χ1n) is 17.3. The molecule has 0 aliphatic carbocycles. The van der Waals surface area contributed by atoms with Crippen LogP contribution in [0.25, 0.3) is 21.8 Å². The molecule has 0 spiro atoms. The van der Waals surface area contributed by atoms with Gasteiger partial charge < -0.3 is 29.1 Å². The first-order chi connectivity index (χ1) is 24.0. The smallest absolute Gasteiger partial charge is 0.115 e. The molecule has 10 heteroatoms. The number of aromatic nitrogens is 5. The average Bonchev–Trinajstić information content (AvgIpc) is 3.55. The van der Waals surface area contributed by atoms with Gasteiger partial charge in [-0.2, -0.15) is 0 Å². The Hall–Kier alpha value is -4.12. The van der Waals surface area contributed by atoms with Crippen molar-refractivity contribution in [3.8, 4) is 0 Å². The van der Waals surface area contributed by atoms with Crippen LogP contribution in [0.1, 0.15) is 57.9 Å². The topological polar surface area (TPSA) is 95.5 Å². The van der Waals surface area contributed by atoms with Gasteiger partial charge in [0, 0.05) is 113 Å². The number of hydrogen-bond donors (Lipinski definition) is 2. The summed E-state index contributed by atoms with van der Waals surface area (Å²) in [5.41, 5.74) is 10.5. The van der Waals surface area contributed by atoms with Gasteiger partial charge in [0.15, 0.2) is 0 Å². The van der Waals surface area contributed by atoms with E-state index < -0.39 is 11.7 Å². The van der Waals surface area contributed by atoms with Gasteiger partial charge in [0.25, 0.3) is 0 Å². The van der Waals surface area contributed by atoms with Gasteiger partial charge in [-0.1, -0.05) is 29.3 Å². The summed E-state index contributed by atoms with van der Waals surface area (Å²) < 4.78 is 4.56. The highest BCUT2D eigenvalue weighted by Crippen LogP contribution is 2.35. The fourth-order valence-corrected chi connectivity index (χ4v) is 7.75. The van der Waals surface area contributed by atoms with E-state index in [1.165, 1.54) is 50.7 Å². The van der Waals surface area contributed by atoms with E-state index in [9.17, 15) is 10.2 Å². The summed E-state index contributed by atoms with van der Waals surface area (Å²) in [5, 5.41) is 25.1. The molecule has 0 radical (unpaired) electrons. The fourth-order valence-electron chi connectivity index (χ4n) is 7.58. The minimum Gasteiger partial charge on any atom is -0.386 e. The summed E-state index contributed by atoms with van der Waals surface area (Å²) in [4.78, 5) is 17.1. The predicted octanol–water partition coefficient (Wildman–Crippen LogP) is 6.35. The molecule has 1 unspecified atom stereocenters. The first-order valence-corrected chi connectivity index (χ1v) is 17.7. The Morgan fingerprint density at radius 3 is 2.10 bits per heavy atom. The van der Waals surface area contributed by atoms with E-state index in [0.29, 0.717) is 18.7 Å². The van der Waals surface area contributed by atoms with Gasteiger partial charge in [0.1, 0.15) is 11.9 Å². The van der Waals surface area contributed by atoms with Gasteiger partial charge in [0.05, 0.1) is 19.2 Å². The van der Waals surface area contributed by atoms with E-state index in [4.69, 9.17) is 11.6 Å². The van der Waals surface area contributed by atoms with E-state index in [2.05, 4.69) is 73.1 Å². The third kappa shape index (κ3) is 6.81. The second-order valence-electron chi connectivity index (χ2n) is 14.4. The van der Waals surface area contributed by atoms with E-state index in [-0.39, 0.29) is 0 Å². The largest absolute Gasteiger partial charge is 0.386 e. The number of benzene rings is 2. The molecule has 0 fully saturated rings. The summed E-state index contributed by atoms with van der Waals surface area (Å²) in [7, 11) is 4.31. The quantitative estimate of drug-likeness (QED) is 0.210. The number of aliphatic hydroxyl groups excluding tert-OH is 1. The summed E-state index contributed by atoms with van der Waals surface area (Å²) >= 11 is 6.25. The number of halogens is 1. The van der Waals surface area contributed by atoms with Crippen molar-refractivity contribution in [1.82, 2.24) is 33.9 Å². The zero-order valence-electron chi connectivity index (χ0n) is 29.6. The lowest BCUT2D eigenvalue weighted by molar-refractivity contribution is 0.0378. The molecule has 2 aromatic carbocycles. The highest BCUT2D eigenvalue weighted by Gasteiger charge is 2.30. The third-order valence-corrected chi connectivity index (χ3v) is 10.6. The molecule has 6 aromatic rings. The number of aliphatic hydroxyl groups is 2. The van der Waals surface area contributed by atoms with Crippen molar-refractivity contribution in [3.05, 3.63) is 123 Å². The number of likely N-dealkylation sites (N-methyl/N-ethyl adjacent to an activating group) is 2. The number of fused-ring (bicyclic) bond motifs is 6. The second-order valence-corrected chi connectivity index (χ2v) is 14.8. The lowest BCUT2D eigenvalue weighted by Crippen LogP contribution is -2.31. The van der Waals surface area contributed by atoms with Gasteiger partial charge in [0.2, 0.25) is 0 Å². The number of pyridine rings is 1. The van der Waals surface area contributed by atoms with Gasteiger partial charge in [-0.3, -0.25) is 4.98 Å². The second kappa shape index (κ2) is 13.9. The zero-order valence-corrected chi connectivity index (χ0v) is 30.3. The zero-order chi connectivity index (χ0) is 35.2. The maximum Gasteiger partial charge on any atom is 0.115 e. The lowest BCUT2D eigenvalue weighted by Gasteiger charge is -2.28. The van der Waals surface area contributed by atoms with Crippen molar-refractivity contribution >= 4 is 33.4 Å². The summed E-state index contributed by atoms with van der Waals surface area (Å²) in [5.74, 6) is 0. The van der Waals surface area contributed by atoms with Crippen molar-refractivity contribution in [1.29, 1.82) is 0 Å². The van der Waals surface area contributed by atoms with Crippen LogP contribution < -0.4 is 0 Å². The van der Waals surface area contributed by atoms with Crippen LogP contribution in [0.2, 0.25) is 5.02 Å². The third-order valence-electron chi connectivity index (χ3n) is 10.3. The van der Waals surface area contributed by atoms with Crippen LogP contribution in [-0.4, -0.2) is 71.3 Å². The number of aryl methyl sites for hydroxylation is 2. The Bertz CT molecular complexity index is 2140. The molecule has 260 valence electrons. The van der Waals surface area contributed by atoms with E-state index in [1.807, 2.05) is 44.2 Å². The molecule has 2 N–H and O–H groups in total. The van der Waals surface area contributed by atoms with Crippen LogP contribution in [0.5, 0.6) is 0 Å². The minimum absolute atomic E-state index is 0.456. The predicted molar refractivity (Wildman–Crippen MR) is 199 cm³/mol. The van der Waals surface area contributed by atoms with Crippen LogP contribution in [0, 0.1) is 13.8 Å². The minimum atomic E-state index is -1.05. The molecule has 0 saturated carbocycles. The van der Waals surface area contributed by atoms with Gasteiger partial charge in [-0.15, -0.1) is 0 Å². The van der Waals surface area contributed by atoms with Crippen molar-refractivity contribution in [2.24, 2.45) is 0 Å². The number of nitrogens with zero attached hydrogens (tertiary/aromatic N) is 7. The Morgan fingerprint density at radius 2 is 1.44 bits per heavy atom. The fraction of sp³-hybridized carbons (Fsp3) is 0.375. The van der Waals surface area contributed by atoms with Gasteiger partial charge >= 0.3 is 0 Å². The molecule has 2 aliphatic heterocycles. The van der Waals surface area contributed by atoms with Crippen molar-refractivity contribution in [2.45, 2.75) is 71.5 Å². The summed E-state index contributed by atoms with van der Waals surface area (Å²) in [6.07, 6.45) is 8.05. The standard InChI is InChI=1S/C21H25N3O.C19H21ClN4O/c1-14-4-7-19-17(10-14)18-12-23(3)9-8-20(18)24(19)13-21(25)16-6-5-15(2)22-11-16;1-19(25,13-8-21-12-22-9-13)11-24-17-4-3-14(20)7-15(17)16-10-23(2)6-5-18(16)24/h4-7,10-11,21,25H,8-9,12-13H2,1-3H3;3-4,7-9,12,25H,5-6,10-11H2,1-2H3/t21-;/m1./s1. The van der Waals surface area contributed by atoms with Gasteiger partial charge in [-0.05, 0) is 82.4 Å². The normalized spacial score (nSPS) is 16.8. The van der Waals surface area contributed by atoms with Crippen molar-refractivity contribution in [3.63, 3.8) is 0 Å². The summed E-state index contributed by atoms with van der Waals surface area (Å²) in [6.45, 7) is 10.9. The first kappa shape index (κ1) is 34.3. The van der Waals surface area contributed by atoms with E-state index >= 15 is 0 Å². The highest BCUT2D eigenvalue weighted by molar-refractivity contribution is 6.31. The van der Waals surface area contributed by atoms with Crippen LogP contribution in [-0.2, 0) is 44.6 Å². The molecule has 2 atom stereocenters. The Balaban J connectivity index is 0.000000157. The Morgan fingerprint density at radius 1 is 0.820 bits per heavy atom. The molecule has 4 aromatic heterocycles. The van der Waals surface area contributed by atoms with E-state index in [0.717, 1.165) is 60.8 Å². The maximum atomic E-state index is 11.1. The molecule has 2 aliphatic rings. The van der Waals surface area contributed by atoms with Crippen LogP contribution in [0.15, 0.2) is 73.4 Å². The monoisotopic (exact) mass is 691 g/mol. The van der Waals surface area contributed by atoms with Crippen molar-refractivity contribution in [2.75, 3.05) is 27.2 Å². The van der Waals surface area contributed by atoms with Crippen LogP contribution >= 0.6 is 11.6 Å². The van der Waals surface area contributed by atoms with Crippen molar-refractivity contribution < 1.29 is 10.2 Å². The Kier molecular flexibility index (Phi) is 9.54. The molecule has 0 bridgehead atoms. The molecule has 9 nitrogen and oxygen atoms in total. The molecule has 6 heterocycles. The van der Waals surface area contributed by atoms with Crippen LogP contribution in [0.3, 0.4) is 0 Å². The van der Waals surface area contributed by atoms with Gasteiger partial charge in [-0.25, -0.2) is 9.97 Å². The molecule has 0 saturated heterocycles. The molecule has 50 heavy (non-hydrogen) atoms. The average molecular weight is 692 g/mol. The number of rotatable bonds is 6. The number of hydrogen-bond acceptors (Lipinski definition) is 7. The summed E-state index contributed by atoms with van der Waals surface area (Å²) in [6, 6.07) is 16.6. The molecular formula is C40H46ClN7O2. The molecular weight excluding hydrogens is 646 g/mol. The SMILES string of the molecule is CN1CCc2c(c3cc(Cl)ccc3n2CC(C)(O)c2cncnc2)C1.Cc1ccc2c(c1)c1c(n2C[C@@H](O)c2ccc(C)nc2)CCN(C)C1. The highest BCUT2D eigenvalue weighted by atomic mass is 35.5. The maximum absolute atomic E-state index is 11.1. The molecule has 8 rings (SSSR count).